The lowest BCUT2D eigenvalue weighted by Crippen LogP contribution is -2.49. The van der Waals surface area contributed by atoms with Gasteiger partial charge in [-0.2, -0.15) is 0 Å². The minimum Gasteiger partial charge on any atom is -0.377 e. The first-order valence-corrected chi connectivity index (χ1v) is 5.97. The van der Waals surface area contributed by atoms with E-state index in [-0.39, 0.29) is 29.5 Å². The van der Waals surface area contributed by atoms with E-state index < -0.39 is 0 Å². The third-order valence-corrected chi connectivity index (χ3v) is 3.55. The topological polar surface area (TPSA) is 43.4 Å². The first-order chi connectivity index (χ1) is 7.56. The van der Waals surface area contributed by atoms with E-state index in [1.807, 2.05) is 13.0 Å². The molecular formula is C13H18O3. The number of hydrogen-bond donors (Lipinski definition) is 0. The second kappa shape index (κ2) is 4.13. The maximum Gasteiger partial charge on any atom is 0.208 e. The monoisotopic (exact) mass is 222 g/mol. The highest BCUT2D eigenvalue weighted by molar-refractivity contribution is 6.41. The summed E-state index contributed by atoms with van der Waals surface area (Å²) < 4.78 is 5.55. The summed E-state index contributed by atoms with van der Waals surface area (Å²) in [5.41, 5.74) is 1.13. The number of hydrogen-bond acceptors (Lipinski definition) is 3. The number of ketones is 2. The summed E-state index contributed by atoms with van der Waals surface area (Å²) in [7, 11) is 0. The first-order valence-electron chi connectivity index (χ1n) is 5.97. The fourth-order valence-electron chi connectivity index (χ4n) is 2.77. The molecule has 1 fully saturated rings. The molecule has 16 heavy (non-hydrogen) atoms. The molecule has 1 saturated carbocycles. The number of allylic oxidation sites excluding steroid dienone is 1. The van der Waals surface area contributed by atoms with Crippen molar-refractivity contribution in [2.75, 3.05) is 6.61 Å². The molecule has 0 amide bonds. The van der Waals surface area contributed by atoms with Gasteiger partial charge in [0.2, 0.25) is 11.6 Å². The van der Waals surface area contributed by atoms with Gasteiger partial charge in [-0.3, -0.25) is 9.59 Å². The Kier molecular flexibility index (Phi) is 2.98. The lowest BCUT2D eigenvalue weighted by Gasteiger charge is -2.40. The molecule has 0 unspecified atom stereocenters. The second-order valence-corrected chi connectivity index (χ2v) is 4.86. The zero-order valence-electron chi connectivity index (χ0n) is 10.0. The van der Waals surface area contributed by atoms with Gasteiger partial charge in [0.05, 0.1) is 12.0 Å². The third kappa shape index (κ3) is 1.63. The van der Waals surface area contributed by atoms with E-state index in [1.165, 1.54) is 0 Å². The van der Waals surface area contributed by atoms with Crippen molar-refractivity contribution in [3.8, 4) is 0 Å². The molecule has 0 N–H and O–H groups in total. The average molecular weight is 222 g/mol. The number of fused-ring (bicyclic) bond motifs is 2. The SMILES string of the molecule is CCO[C@H]1C[C@H]2C(=O)C(=O)[C@@H]1C=C2C(C)C. The van der Waals surface area contributed by atoms with Crippen molar-refractivity contribution in [1.82, 2.24) is 0 Å². The normalized spacial score (nSPS) is 33.5. The molecule has 3 nitrogen and oxygen atoms in total. The van der Waals surface area contributed by atoms with Gasteiger partial charge in [0.15, 0.2) is 0 Å². The second-order valence-electron chi connectivity index (χ2n) is 4.86. The van der Waals surface area contributed by atoms with Crippen LogP contribution in [-0.2, 0) is 14.3 Å². The highest BCUT2D eigenvalue weighted by Crippen LogP contribution is 2.40. The summed E-state index contributed by atoms with van der Waals surface area (Å²) in [6, 6.07) is 0. The van der Waals surface area contributed by atoms with Crippen molar-refractivity contribution < 1.29 is 14.3 Å². The van der Waals surface area contributed by atoms with Gasteiger partial charge in [0, 0.05) is 12.5 Å². The molecule has 0 radical (unpaired) electrons. The van der Waals surface area contributed by atoms with E-state index in [0.717, 1.165) is 5.57 Å². The average Bonchev–Trinajstić information content (AvgIpc) is 2.25. The van der Waals surface area contributed by atoms with Crippen LogP contribution in [-0.4, -0.2) is 24.3 Å². The van der Waals surface area contributed by atoms with Crippen molar-refractivity contribution >= 4 is 11.6 Å². The van der Waals surface area contributed by atoms with Crippen molar-refractivity contribution in [2.45, 2.75) is 33.3 Å². The van der Waals surface area contributed by atoms with Crippen LogP contribution in [0.3, 0.4) is 0 Å². The summed E-state index contributed by atoms with van der Waals surface area (Å²) in [5.74, 6) is -0.651. The van der Waals surface area contributed by atoms with E-state index in [2.05, 4.69) is 13.8 Å². The first kappa shape index (κ1) is 11.5. The van der Waals surface area contributed by atoms with Gasteiger partial charge in [-0.1, -0.05) is 25.5 Å². The largest absolute Gasteiger partial charge is 0.377 e. The lowest BCUT2D eigenvalue weighted by molar-refractivity contribution is -0.148. The molecule has 3 aliphatic rings. The predicted octanol–water partition coefficient (Wildman–Crippen LogP) is 1.76. The Bertz CT molecular complexity index is 354. The summed E-state index contributed by atoms with van der Waals surface area (Å²) >= 11 is 0. The summed E-state index contributed by atoms with van der Waals surface area (Å²) in [5, 5.41) is 0. The van der Waals surface area contributed by atoms with E-state index in [1.54, 1.807) is 0 Å². The molecule has 0 heterocycles. The quantitative estimate of drug-likeness (QED) is 0.540. The minimum atomic E-state index is -0.324. The fraction of sp³-hybridized carbons (Fsp3) is 0.692. The molecule has 0 aromatic carbocycles. The third-order valence-electron chi connectivity index (χ3n) is 3.55. The number of ether oxygens (including phenoxy) is 1. The van der Waals surface area contributed by atoms with Crippen LogP contribution in [0.2, 0.25) is 0 Å². The number of Topliss-reactive ketones (excluding diaryl/α,β-unsaturated/α-hetero) is 2. The van der Waals surface area contributed by atoms with Crippen LogP contribution in [0.15, 0.2) is 11.6 Å². The summed E-state index contributed by atoms with van der Waals surface area (Å²) in [4.78, 5) is 23.6. The van der Waals surface area contributed by atoms with Crippen molar-refractivity contribution in [3.05, 3.63) is 11.6 Å². The van der Waals surface area contributed by atoms with Gasteiger partial charge in [-0.25, -0.2) is 0 Å². The number of carbonyl (C=O) groups excluding carboxylic acids is 2. The highest BCUT2D eigenvalue weighted by Gasteiger charge is 2.48. The zero-order valence-corrected chi connectivity index (χ0v) is 10.0. The summed E-state index contributed by atoms with van der Waals surface area (Å²) in [6.07, 6.45) is 2.58. The summed E-state index contributed by atoms with van der Waals surface area (Å²) in [6.45, 7) is 6.65. The zero-order chi connectivity index (χ0) is 11.9. The molecule has 88 valence electrons. The van der Waals surface area contributed by atoms with Gasteiger partial charge < -0.3 is 4.74 Å². The minimum absolute atomic E-state index is 0.0808. The maximum absolute atomic E-state index is 11.8. The standard InChI is InChI=1S/C13H18O3/c1-4-16-11-6-9-8(7(2)3)5-10(11)13(15)12(9)14/h5,7,9-11H,4,6H2,1-3H3/t9-,10-,11+/m1/s1. The van der Waals surface area contributed by atoms with Gasteiger partial charge in [0.1, 0.15) is 0 Å². The molecule has 3 atom stereocenters. The molecule has 0 aromatic rings. The van der Waals surface area contributed by atoms with Gasteiger partial charge in [0.25, 0.3) is 0 Å². The van der Waals surface area contributed by atoms with E-state index in [4.69, 9.17) is 4.74 Å². The maximum atomic E-state index is 11.8. The van der Waals surface area contributed by atoms with Crippen molar-refractivity contribution in [3.63, 3.8) is 0 Å². The van der Waals surface area contributed by atoms with Crippen molar-refractivity contribution in [2.24, 2.45) is 17.8 Å². The Hall–Kier alpha value is -0.960. The van der Waals surface area contributed by atoms with Crippen LogP contribution in [0.4, 0.5) is 0 Å². The Morgan fingerprint density at radius 3 is 2.62 bits per heavy atom. The Balaban J connectivity index is 2.32. The molecule has 0 saturated heterocycles. The highest BCUT2D eigenvalue weighted by atomic mass is 16.5. The van der Waals surface area contributed by atoms with Gasteiger partial charge >= 0.3 is 0 Å². The lowest BCUT2D eigenvalue weighted by atomic mass is 9.66. The number of rotatable bonds is 3. The van der Waals surface area contributed by atoms with Crippen LogP contribution in [0.1, 0.15) is 27.2 Å². The molecule has 0 aromatic heterocycles. The molecular weight excluding hydrogens is 204 g/mol. The molecule has 0 spiro atoms. The van der Waals surface area contributed by atoms with Crippen LogP contribution in [0.5, 0.6) is 0 Å². The van der Waals surface area contributed by atoms with E-state index in [9.17, 15) is 9.59 Å². The van der Waals surface area contributed by atoms with Crippen LogP contribution >= 0.6 is 0 Å². The van der Waals surface area contributed by atoms with Crippen molar-refractivity contribution in [1.29, 1.82) is 0 Å². The van der Waals surface area contributed by atoms with Crippen LogP contribution < -0.4 is 0 Å². The molecule has 3 aliphatic carbocycles. The molecule has 0 aliphatic heterocycles. The van der Waals surface area contributed by atoms with Gasteiger partial charge in [-0.15, -0.1) is 0 Å². The Labute approximate surface area is 95.9 Å². The smallest absolute Gasteiger partial charge is 0.208 e. The number of carbonyl (C=O) groups is 2. The van der Waals surface area contributed by atoms with Crippen LogP contribution in [0.25, 0.3) is 0 Å². The molecule has 3 heteroatoms. The van der Waals surface area contributed by atoms with E-state index >= 15 is 0 Å². The Morgan fingerprint density at radius 2 is 2.06 bits per heavy atom. The molecule has 3 rings (SSSR count). The fourth-order valence-corrected chi connectivity index (χ4v) is 2.77. The van der Waals surface area contributed by atoms with Crippen LogP contribution in [0, 0.1) is 17.8 Å². The Morgan fingerprint density at radius 1 is 1.38 bits per heavy atom. The molecule has 2 bridgehead atoms. The predicted molar refractivity (Wildman–Crippen MR) is 59.9 cm³/mol. The van der Waals surface area contributed by atoms with Gasteiger partial charge in [-0.05, 0) is 19.3 Å². The van der Waals surface area contributed by atoms with E-state index in [0.29, 0.717) is 18.9 Å².